The maximum Gasteiger partial charge on any atom is 0.319 e. The van der Waals surface area contributed by atoms with Crippen molar-refractivity contribution in [3.63, 3.8) is 0 Å². The summed E-state index contributed by atoms with van der Waals surface area (Å²) in [6.45, 7) is 2.83. The third-order valence-electron chi connectivity index (χ3n) is 3.36. The van der Waals surface area contributed by atoms with Crippen LogP contribution in [0.25, 0.3) is 0 Å². The predicted octanol–water partition coefficient (Wildman–Crippen LogP) is -1.72. The number of hydrogen-bond acceptors (Lipinski definition) is 8. The molecule has 0 aromatic heterocycles. The number of hydrogen-bond donors (Lipinski definition) is 4. The van der Waals surface area contributed by atoms with Gasteiger partial charge >= 0.3 is 5.97 Å². The molecule has 0 saturated carbocycles. The lowest BCUT2D eigenvalue weighted by Crippen LogP contribution is -2.60. The molecule has 2 fully saturated rings. The first-order valence-electron chi connectivity index (χ1n) is 6.83. The summed E-state index contributed by atoms with van der Waals surface area (Å²) in [5, 5.41) is 26.9. The predicted molar refractivity (Wildman–Crippen MR) is 78.1 cm³/mol. The van der Waals surface area contributed by atoms with Gasteiger partial charge in [0.2, 0.25) is 0 Å². The molecule has 21 heavy (non-hydrogen) atoms. The topological polar surface area (TPSA) is 112 Å². The largest absolute Gasteiger partial charge is 0.468 e. The number of thioether (sulfide) groups is 1. The summed E-state index contributed by atoms with van der Waals surface area (Å²) >= 11 is 1.40. The number of amidine groups is 1. The smallest absolute Gasteiger partial charge is 0.319 e. The monoisotopic (exact) mass is 319 g/mol. The summed E-state index contributed by atoms with van der Waals surface area (Å²) in [6.07, 6.45) is -2.59. The van der Waals surface area contributed by atoms with Gasteiger partial charge in [-0.2, -0.15) is 0 Å². The number of aliphatic hydroxyl groups is 2. The number of aliphatic imine (C=N–C) groups is 1. The Kier molecular flexibility index (Phi) is 5.82. The minimum absolute atomic E-state index is 0.0290. The van der Waals surface area contributed by atoms with Crippen LogP contribution in [0.5, 0.6) is 0 Å². The highest BCUT2D eigenvalue weighted by Crippen LogP contribution is 2.33. The molecule has 2 rings (SSSR count). The lowest BCUT2D eigenvalue weighted by atomic mass is 9.98. The van der Waals surface area contributed by atoms with Crippen molar-refractivity contribution in [2.24, 2.45) is 4.99 Å². The molecule has 120 valence electrons. The Morgan fingerprint density at radius 1 is 1.52 bits per heavy atom. The molecule has 9 heteroatoms. The molecule has 2 heterocycles. The Labute approximate surface area is 127 Å². The average molecular weight is 319 g/mol. The normalized spacial score (nSPS) is 37.1. The van der Waals surface area contributed by atoms with E-state index in [2.05, 4.69) is 20.4 Å². The number of fused-ring (bicyclic) bond motifs is 1. The summed E-state index contributed by atoms with van der Waals surface area (Å²) in [7, 11) is 1.31. The van der Waals surface area contributed by atoms with Crippen molar-refractivity contribution >= 4 is 22.9 Å². The molecule has 8 nitrogen and oxygen atoms in total. The van der Waals surface area contributed by atoms with Crippen molar-refractivity contribution in [2.45, 2.75) is 36.7 Å². The first-order chi connectivity index (χ1) is 10.1. The molecule has 0 aliphatic carbocycles. The zero-order valence-corrected chi connectivity index (χ0v) is 12.8. The number of esters is 1. The summed E-state index contributed by atoms with van der Waals surface area (Å²) in [4.78, 5) is 15.3. The number of methoxy groups -OCH3 is 1. The van der Waals surface area contributed by atoms with Crippen LogP contribution in [0.15, 0.2) is 4.99 Å². The zero-order chi connectivity index (χ0) is 15.4. The minimum Gasteiger partial charge on any atom is -0.468 e. The lowest BCUT2D eigenvalue weighted by molar-refractivity contribution is -0.155. The van der Waals surface area contributed by atoms with E-state index in [9.17, 15) is 15.0 Å². The van der Waals surface area contributed by atoms with Crippen molar-refractivity contribution in [3.05, 3.63) is 0 Å². The Morgan fingerprint density at radius 3 is 2.95 bits per heavy atom. The second kappa shape index (κ2) is 7.41. The first-order valence-corrected chi connectivity index (χ1v) is 7.71. The van der Waals surface area contributed by atoms with E-state index in [0.717, 1.165) is 0 Å². The SMILES string of the molecule is CCN=C1N[C@@H]2[C@@H](O)[C@H](O)[C@@H](CNCC(=O)OC)O[C@@H]2S1. The van der Waals surface area contributed by atoms with Gasteiger partial charge in [-0.05, 0) is 6.92 Å². The molecule has 0 spiro atoms. The minimum atomic E-state index is -1.04. The van der Waals surface area contributed by atoms with E-state index in [1.807, 2.05) is 6.92 Å². The summed E-state index contributed by atoms with van der Waals surface area (Å²) in [5.41, 5.74) is -0.307. The van der Waals surface area contributed by atoms with E-state index >= 15 is 0 Å². The Bertz CT molecular complexity index is 408. The van der Waals surface area contributed by atoms with Gasteiger partial charge in [0, 0.05) is 13.1 Å². The number of carbonyl (C=O) groups excluding carboxylic acids is 1. The lowest BCUT2D eigenvalue weighted by Gasteiger charge is -2.38. The molecule has 0 aromatic carbocycles. The van der Waals surface area contributed by atoms with E-state index in [0.29, 0.717) is 11.7 Å². The van der Waals surface area contributed by atoms with Crippen LogP contribution in [0.3, 0.4) is 0 Å². The molecule has 0 amide bonds. The van der Waals surface area contributed by atoms with E-state index in [-0.39, 0.29) is 24.6 Å². The van der Waals surface area contributed by atoms with Gasteiger partial charge in [0.1, 0.15) is 23.7 Å². The molecule has 2 saturated heterocycles. The fourth-order valence-electron chi connectivity index (χ4n) is 2.26. The van der Waals surface area contributed by atoms with Crippen molar-refractivity contribution in [2.75, 3.05) is 26.7 Å². The van der Waals surface area contributed by atoms with Gasteiger partial charge in [-0.3, -0.25) is 9.79 Å². The van der Waals surface area contributed by atoms with Gasteiger partial charge in [0.05, 0.1) is 19.7 Å². The fourth-order valence-corrected chi connectivity index (χ4v) is 3.46. The van der Waals surface area contributed by atoms with Gasteiger partial charge < -0.3 is 30.3 Å². The van der Waals surface area contributed by atoms with Crippen LogP contribution in [0.1, 0.15) is 6.92 Å². The van der Waals surface area contributed by atoms with Gasteiger partial charge in [-0.15, -0.1) is 0 Å². The van der Waals surface area contributed by atoms with E-state index in [4.69, 9.17) is 4.74 Å². The van der Waals surface area contributed by atoms with E-state index in [1.165, 1.54) is 18.9 Å². The molecule has 0 unspecified atom stereocenters. The average Bonchev–Trinajstić information content (AvgIpc) is 2.87. The number of aliphatic hydroxyl groups excluding tert-OH is 2. The first kappa shape index (κ1) is 16.5. The molecule has 0 radical (unpaired) electrons. The third kappa shape index (κ3) is 3.86. The van der Waals surface area contributed by atoms with Crippen molar-refractivity contribution in [1.29, 1.82) is 0 Å². The van der Waals surface area contributed by atoms with Crippen LogP contribution in [0.4, 0.5) is 0 Å². The van der Waals surface area contributed by atoms with Crippen LogP contribution < -0.4 is 10.6 Å². The highest BCUT2D eigenvalue weighted by molar-refractivity contribution is 8.14. The second-order valence-electron chi connectivity index (χ2n) is 4.80. The third-order valence-corrected chi connectivity index (χ3v) is 4.47. The number of ether oxygens (including phenoxy) is 2. The van der Waals surface area contributed by atoms with Crippen molar-refractivity contribution in [3.8, 4) is 0 Å². The van der Waals surface area contributed by atoms with E-state index in [1.54, 1.807) is 0 Å². The van der Waals surface area contributed by atoms with E-state index < -0.39 is 24.3 Å². The second-order valence-corrected chi connectivity index (χ2v) is 5.89. The molecular formula is C12H21N3O5S. The highest BCUT2D eigenvalue weighted by atomic mass is 32.2. The van der Waals surface area contributed by atoms with Crippen molar-refractivity contribution < 1.29 is 24.5 Å². The summed E-state index contributed by atoms with van der Waals surface area (Å²) in [5.74, 6) is -0.395. The van der Waals surface area contributed by atoms with Crippen LogP contribution in [0.2, 0.25) is 0 Å². The van der Waals surface area contributed by atoms with Gasteiger partial charge in [-0.1, -0.05) is 11.8 Å². The standard InChI is InChI=1S/C12H21N3O5S/c1-3-14-12-15-8-10(18)9(17)6(20-11(8)21-12)4-13-5-7(16)19-2/h6,8-11,13,17-18H,3-5H2,1-2H3,(H,14,15)/t6-,8-,9-,10-,11-/m1/s1. The molecule has 4 N–H and O–H groups in total. The maximum atomic E-state index is 11.0. The zero-order valence-electron chi connectivity index (χ0n) is 12.0. The molecule has 2 aliphatic heterocycles. The van der Waals surface area contributed by atoms with Crippen LogP contribution >= 0.6 is 11.8 Å². The number of rotatable bonds is 5. The molecule has 0 bridgehead atoms. The Balaban J connectivity index is 1.91. The maximum absolute atomic E-state index is 11.0. The summed E-state index contributed by atoms with van der Waals surface area (Å²) in [6, 6.07) is -0.382. The number of nitrogens with one attached hydrogen (secondary N) is 2. The van der Waals surface area contributed by atoms with Crippen molar-refractivity contribution in [1.82, 2.24) is 10.6 Å². The molecule has 0 aromatic rings. The Morgan fingerprint density at radius 2 is 2.29 bits per heavy atom. The molecular weight excluding hydrogens is 298 g/mol. The van der Waals surface area contributed by atoms with Crippen LogP contribution in [-0.2, 0) is 14.3 Å². The summed E-state index contributed by atoms with van der Waals surface area (Å²) < 4.78 is 10.3. The van der Waals surface area contributed by atoms with Crippen LogP contribution in [-0.4, -0.2) is 77.9 Å². The van der Waals surface area contributed by atoms with Gasteiger partial charge in [0.25, 0.3) is 0 Å². The number of carbonyl (C=O) groups is 1. The number of nitrogens with zero attached hydrogens (tertiary/aromatic N) is 1. The molecule has 5 atom stereocenters. The fraction of sp³-hybridized carbons (Fsp3) is 0.833. The highest BCUT2D eigenvalue weighted by Gasteiger charge is 2.48. The van der Waals surface area contributed by atoms with Gasteiger partial charge in [-0.25, -0.2) is 0 Å². The molecule has 2 aliphatic rings. The van der Waals surface area contributed by atoms with Gasteiger partial charge in [0.15, 0.2) is 5.17 Å². The quantitative estimate of drug-likeness (QED) is 0.443. The Hall–Kier alpha value is -0.870. The van der Waals surface area contributed by atoms with Crippen LogP contribution in [0, 0.1) is 0 Å².